The number of hydrogen-bond donors (Lipinski definition) is 1. The Morgan fingerprint density at radius 3 is 2.65 bits per heavy atom. The highest BCUT2D eigenvalue weighted by Crippen LogP contribution is 2.40. The normalized spacial score (nSPS) is 34.0. The van der Waals surface area contributed by atoms with Crippen LogP contribution < -0.4 is 0 Å². The van der Waals surface area contributed by atoms with Gasteiger partial charge in [-0.1, -0.05) is 0 Å². The molecule has 3 nitrogen and oxygen atoms in total. The number of hydrogen-bond acceptors (Lipinski definition) is 2. The molecule has 0 aromatic heterocycles. The van der Waals surface area contributed by atoms with E-state index in [1.54, 1.807) is 11.8 Å². The molecule has 3 unspecified atom stereocenters. The molecule has 1 heterocycles. The molecule has 0 spiro atoms. The molecule has 0 aromatic rings. The molecule has 1 N–H and O–H groups in total. The minimum atomic E-state index is -2.66. The molecule has 1 amide bonds. The number of halogens is 2. The van der Waals surface area contributed by atoms with Crippen LogP contribution in [-0.4, -0.2) is 41.0 Å². The number of aliphatic hydroxyl groups is 1. The number of aliphatic hydroxyl groups excluding tert-OH is 1. The lowest BCUT2D eigenvalue weighted by molar-refractivity contribution is -0.135. The molecular weight excluding hydrogens is 228 g/mol. The molecule has 2 aliphatic rings. The highest BCUT2D eigenvalue weighted by molar-refractivity contribution is 5.79. The molecule has 2 fully saturated rings. The summed E-state index contributed by atoms with van der Waals surface area (Å²) in [6.45, 7) is 2.82. The fourth-order valence-corrected chi connectivity index (χ4v) is 2.80. The summed E-state index contributed by atoms with van der Waals surface area (Å²) in [6, 6.07) is 0. The lowest BCUT2D eigenvalue weighted by Crippen LogP contribution is -2.35. The maximum Gasteiger partial charge on any atom is 0.248 e. The minimum Gasteiger partial charge on any atom is -0.393 e. The monoisotopic (exact) mass is 247 g/mol. The van der Waals surface area contributed by atoms with Crippen LogP contribution >= 0.6 is 0 Å². The standard InChI is InChI=1S/C12H19F2NO2/c1-8(16)10-3-5-15(7-10)11(17)9-2-4-12(13,14)6-9/h8-10,16H,2-7H2,1H3. The highest BCUT2D eigenvalue weighted by Gasteiger charge is 2.44. The highest BCUT2D eigenvalue weighted by atomic mass is 19.3. The van der Waals surface area contributed by atoms with Gasteiger partial charge in [-0.15, -0.1) is 0 Å². The van der Waals surface area contributed by atoms with Crippen LogP contribution in [0.1, 0.15) is 32.6 Å². The molecule has 5 heteroatoms. The SMILES string of the molecule is CC(O)C1CCN(C(=O)C2CCC(F)(F)C2)C1. The van der Waals surface area contributed by atoms with E-state index in [9.17, 15) is 18.7 Å². The van der Waals surface area contributed by atoms with E-state index >= 15 is 0 Å². The Balaban J connectivity index is 1.90. The Morgan fingerprint density at radius 2 is 2.18 bits per heavy atom. The van der Waals surface area contributed by atoms with Crippen LogP contribution in [0.2, 0.25) is 0 Å². The van der Waals surface area contributed by atoms with E-state index in [1.165, 1.54) is 0 Å². The van der Waals surface area contributed by atoms with Crippen molar-refractivity contribution in [2.45, 2.75) is 44.6 Å². The quantitative estimate of drug-likeness (QED) is 0.806. The fourth-order valence-electron chi connectivity index (χ4n) is 2.80. The Kier molecular flexibility index (Phi) is 3.39. The van der Waals surface area contributed by atoms with E-state index in [1.807, 2.05) is 0 Å². The summed E-state index contributed by atoms with van der Waals surface area (Å²) < 4.78 is 26.1. The molecule has 2 rings (SSSR count). The molecule has 1 saturated carbocycles. The van der Waals surface area contributed by atoms with Crippen molar-refractivity contribution in [3.05, 3.63) is 0 Å². The van der Waals surface area contributed by atoms with Crippen molar-refractivity contribution in [2.75, 3.05) is 13.1 Å². The van der Waals surface area contributed by atoms with Gasteiger partial charge in [-0.3, -0.25) is 4.79 Å². The van der Waals surface area contributed by atoms with Gasteiger partial charge in [0.1, 0.15) is 0 Å². The molecule has 0 radical (unpaired) electrons. The van der Waals surface area contributed by atoms with Gasteiger partial charge in [0, 0.05) is 37.8 Å². The van der Waals surface area contributed by atoms with Gasteiger partial charge in [0.15, 0.2) is 0 Å². The molecule has 0 aromatic carbocycles. The van der Waals surface area contributed by atoms with Crippen molar-refractivity contribution in [2.24, 2.45) is 11.8 Å². The third-order valence-electron chi connectivity index (χ3n) is 3.97. The number of carbonyl (C=O) groups excluding carboxylic acids is 1. The summed E-state index contributed by atoms with van der Waals surface area (Å²) in [6.07, 6.45) is 0.158. The Morgan fingerprint density at radius 1 is 1.47 bits per heavy atom. The number of alkyl halides is 2. The summed E-state index contributed by atoms with van der Waals surface area (Å²) in [4.78, 5) is 13.7. The molecule has 0 bridgehead atoms. The first kappa shape index (κ1) is 12.7. The van der Waals surface area contributed by atoms with Crippen LogP contribution in [0.15, 0.2) is 0 Å². The number of carbonyl (C=O) groups is 1. The van der Waals surface area contributed by atoms with Crippen LogP contribution in [0.5, 0.6) is 0 Å². The smallest absolute Gasteiger partial charge is 0.248 e. The Hall–Kier alpha value is -0.710. The fraction of sp³-hybridized carbons (Fsp3) is 0.917. The first-order valence-corrected chi connectivity index (χ1v) is 6.24. The van der Waals surface area contributed by atoms with E-state index in [0.29, 0.717) is 19.5 Å². The van der Waals surface area contributed by atoms with Gasteiger partial charge in [-0.2, -0.15) is 0 Å². The third kappa shape index (κ3) is 2.76. The second-order valence-electron chi connectivity index (χ2n) is 5.37. The van der Waals surface area contributed by atoms with Crippen molar-refractivity contribution < 1.29 is 18.7 Å². The Bertz CT molecular complexity index is 307. The van der Waals surface area contributed by atoms with Crippen molar-refractivity contribution >= 4 is 5.91 Å². The Labute approximate surface area is 99.8 Å². The van der Waals surface area contributed by atoms with E-state index < -0.39 is 17.9 Å². The van der Waals surface area contributed by atoms with Crippen molar-refractivity contribution in [3.8, 4) is 0 Å². The van der Waals surface area contributed by atoms with E-state index in [-0.39, 0.29) is 24.7 Å². The summed E-state index contributed by atoms with van der Waals surface area (Å²) in [5, 5.41) is 9.44. The molecule has 1 aliphatic carbocycles. The van der Waals surface area contributed by atoms with Crippen LogP contribution in [0.4, 0.5) is 8.78 Å². The summed E-state index contributed by atoms with van der Waals surface area (Å²) in [5.74, 6) is -3.23. The second kappa shape index (κ2) is 4.52. The van der Waals surface area contributed by atoms with Crippen molar-refractivity contribution in [1.29, 1.82) is 0 Å². The van der Waals surface area contributed by atoms with Gasteiger partial charge >= 0.3 is 0 Å². The van der Waals surface area contributed by atoms with E-state index in [0.717, 1.165) is 6.42 Å². The van der Waals surface area contributed by atoms with Crippen LogP contribution in [0.3, 0.4) is 0 Å². The van der Waals surface area contributed by atoms with Gasteiger partial charge in [0.25, 0.3) is 0 Å². The van der Waals surface area contributed by atoms with Gasteiger partial charge in [-0.05, 0) is 19.8 Å². The van der Waals surface area contributed by atoms with Crippen molar-refractivity contribution in [3.63, 3.8) is 0 Å². The average Bonchev–Trinajstić information content (AvgIpc) is 2.83. The maximum absolute atomic E-state index is 13.0. The molecule has 98 valence electrons. The second-order valence-corrected chi connectivity index (χ2v) is 5.37. The zero-order valence-electron chi connectivity index (χ0n) is 10.0. The van der Waals surface area contributed by atoms with Crippen LogP contribution in [0.25, 0.3) is 0 Å². The number of amides is 1. The lowest BCUT2D eigenvalue weighted by atomic mass is 10.0. The first-order chi connectivity index (χ1) is 7.89. The topological polar surface area (TPSA) is 40.5 Å². The maximum atomic E-state index is 13.0. The summed E-state index contributed by atoms with van der Waals surface area (Å²) >= 11 is 0. The molecular formula is C12H19F2NO2. The minimum absolute atomic E-state index is 0.0980. The third-order valence-corrected chi connectivity index (χ3v) is 3.97. The van der Waals surface area contributed by atoms with Crippen LogP contribution in [0, 0.1) is 11.8 Å². The molecule has 3 atom stereocenters. The van der Waals surface area contributed by atoms with Gasteiger partial charge < -0.3 is 10.0 Å². The van der Waals surface area contributed by atoms with E-state index in [4.69, 9.17) is 0 Å². The average molecular weight is 247 g/mol. The lowest BCUT2D eigenvalue weighted by Gasteiger charge is -2.21. The zero-order chi connectivity index (χ0) is 12.6. The number of likely N-dealkylation sites (tertiary alicyclic amines) is 1. The number of nitrogens with zero attached hydrogens (tertiary/aromatic N) is 1. The first-order valence-electron chi connectivity index (χ1n) is 6.24. The predicted octanol–water partition coefficient (Wildman–Crippen LogP) is 1.65. The molecule has 17 heavy (non-hydrogen) atoms. The summed E-state index contributed by atoms with van der Waals surface area (Å²) in [7, 11) is 0. The van der Waals surface area contributed by atoms with Crippen molar-refractivity contribution in [1.82, 2.24) is 4.90 Å². The largest absolute Gasteiger partial charge is 0.393 e. The summed E-state index contributed by atoms with van der Waals surface area (Å²) in [5.41, 5.74) is 0. The van der Waals surface area contributed by atoms with Gasteiger partial charge in [0.2, 0.25) is 11.8 Å². The van der Waals surface area contributed by atoms with Gasteiger partial charge in [-0.25, -0.2) is 8.78 Å². The number of rotatable bonds is 2. The predicted molar refractivity (Wildman–Crippen MR) is 58.7 cm³/mol. The molecule has 1 aliphatic heterocycles. The van der Waals surface area contributed by atoms with Crippen LogP contribution in [-0.2, 0) is 4.79 Å². The van der Waals surface area contributed by atoms with E-state index in [2.05, 4.69) is 0 Å². The zero-order valence-corrected chi connectivity index (χ0v) is 10.0. The van der Waals surface area contributed by atoms with Gasteiger partial charge in [0.05, 0.1) is 6.10 Å². The molecule has 1 saturated heterocycles.